The third-order valence-electron chi connectivity index (χ3n) is 4.02. The summed E-state index contributed by atoms with van der Waals surface area (Å²) < 4.78 is 5.49. The quantitative estimate of drug-likeness (QED) is 0.756. The molecule has 2 aromatic carbocycles. The van der Waals surface area contributed by atoms with Gasteiger partial charge in [-0.25, -0.2) is 4.98 Å². The number of nitrogens with zero attached hydrogens (tertiary/aromatic N) is 1. The van der Waals surface area contributed by atoms with Crippen LogP contribution in [0.25, 0.3) is 11.1 Å². The predicted octanol–water partition coefficient (Wildman–Crippen LogP) is 4.63. The summed E-state index contributed by atoms with van der Waals surface area (Å²) in [6, 6.07) is 15.0. The average molecular weight is 278 g/mol. The molecule has 0 atom stereocenters. The van der Waals surface area contributed by atoms with E-state index in [9.17, 15) is 0 Å². The Morgan fingerprint density at radius 2 is 1.95 bits per heavy atom. The van der Waals surface area contributed by atoms with Crippen molar-refractivity contribution in [2.24, 2.45) is 0 Å². The SMILES string of the molecule is Cc1nc2cc(NCc3ccc(C4CC4)cc3)ccc2o1. The molecule has 3 heteroatoms. The van der Waals surface area contributed by atoms with E-state index in [4.69, 9.17) is 4.42 Å². The van der Waals surface area contributed by atoms with E-state index < -0.39 is 0 Å². The molecule has 1 saturated carbocycles. The summed E-state index contributed by atoms with van der Waals surface area (Å²) in [5, 5.41) is 3.44. The van der Waals surface area contributed by atoms with Crippen molar-refractivity contribution in [3.05, 3.63) is 59.5 Å². The maximum atomic E-state index is 5.49. The van der Waals surface area contributed by atoms with Crippen molar-refractivity contribution in [3.8, 4) is 0 Å². The molecule has 0 radical (unpaired) electrons. The molecule has 0 amide bonds. The van der Waals surface area contributed by atoms with E-state index in [1.54, 1.807) is 0 Å². The standard InChI is InChI=1S/C18H18N2O/c1-12-20-17-10-16(8-9-18(17)21-12)19-11-13-2-4-14(5-3-13)15-6-7-15/h2-5,8-10,15,19H,6-7,11H2,1H3. The van der Waals surface area contributed by atoms with Crippen LogP contribution in [0.5, 0.6) is 0 Å². The van der Waals surface area contributed by atoms with Crippen LogP contribution in [-0.2, 0) is 6.54 Å². The lowest BCUT2D eigenvalue weighted by Crippen LogP contribution is -1.99. The average Bonchev–Trinajstić information content (AvgIpc) is 3.27. The smallest absolute Gasteiger partial charge is 0.192 e. The highest BCUT2D eigenvalue weighted by Gasteiger charge is 2.22. The molecular formula is C18H18N2O. The lowest BCUT2D eigenvalue weighted by atomic mass is 10.1. The molecule has 3 nitrogen and oxygen atoms in total. The lowest BCUT2D eigenvalue weighted by molar-refractivity contribution is 0.561. The first-order valence-corrected chi connectivity index (χ1v) is 7.48. The van der Waals surface area contributed by atoms with Crippen molar-refractivity contribution in [1.82, 2.24) is 4.98 Å². The van der Waals surface area contributed by atoms with Crippen molar-refractivity contribution in [2.75, 3.05) is 5.32 Å². The molecule has 1 N–H and O–H groups in total. The van der Waals surface area contributed by atoms with Crippen LogP contribution in [0.2, 0.25) is 0 Å². The zero-order chi connectivity index (χ0) is 14.2. The van der Waals surface area contributed by atoms with Crippen LogP contribution in [0.4, 0.5) is 5.69 Å². The monoisotopic (exact) mass is 278 g/mol. The minimum Gasteiger partial charge on any atom is -0.441 e. The Hall–Kier alpha value is -2.29. The molecule has 21 heavy (non-hydrogen) atoms. The van der Waals surface area contributed by atoms with Gasteiger partial charge in [-0.05, 0) is 48.1 Å². The van der Waals surface area contributed by atoms with Crippen LogP contribution < -0.4 is 5.32 Å². The van der Waals surface area contributed by atoms with Crippen molar-refractivity contribution in [3.63, 3.8) is 0 Å². The van der Waals surface area contributed by atoms with Crippen LogP contribution in [0.15, 0.2) is 46.9 Å². The van der Waals surface area contributed by atoms with Crippen LogP contribution in [0.3, 0.4) is 0 Å². The zero-order valence-corrected chi connectivity index (χ0v) is 12.1. The first-order chi connectivity index (χ1) is 10.3. The van der Waals surface area contributed by atoms with E-state index in [0.717, 1.165) is 29.2 Å². The number of nitrogens with one attached hydrogen (secondary N) is 1. The summed E-state index contributed by atoms with van der Waals surface area (Å²) in [5.74, 6) is 1.53. The van der Waals surface area contributed by atoms with E-state index in [2.05, 4.69) is 34.6 Å². The van der Waals surface area contributed by atoms with Crippen molar-refractivity contribution < 1.29 is 4.42 Å². The summed E-state index contributed by atoms with van der Waals surface area (Å²) in [5.41, 5.74) is 5.60. The summed E-state index contributed by atoms with van der Waals surface area (Å²) in [6.45, 7) is 2.70. The van der Waals surface area contributed by atoms with Gasteiger partial charge in [-0.15, -0.1) is 0 Å². The number of hydrogen-bond donors (Lipinski definition) is 1. The summed E-state index contributed by atoms with van der Waals surface area (Å²) >= 11 is 0. The van der Waals surface area contributed by atoms with E-state index in [1.165, 1.54) is 24.0 Å². The first kappa shape index (κ1) is 12.5. The molecule has 4 rings (SSSR count). The summed E-state index contributed by atoms with van der Waals surface area (Å²) in [4.78, 5) is 4.36. The number of benzene rings is 2. The van der Waals surface area contributed by atoms with Gasteiger partial charge in [0.05, 0.1) is 0 Å². The van der Waals surface area contributed by atoms with E-state index in [-0.39, 0.29) is 0 Å². The first-order valence-electron chi connectivity index (χ1n) is 7.48. The Morgan fingerprint density at radius 3 is 2.71 bits per heavy atom. The molecule has 1 heterocycles. The van der Waals surface area contributed by atoms with Gasteiger partial charge in [0, 0.05) is 19.2 Å². The number of anilines is 1. The van der Waals surface area contributed by atoms with Gasteiger partial charge in [-0.3, -0.25) is 0 Å². The van der Waals surface area contributed by atoms with Crippen LogP contribution in [0, 0.1) is 6.92 Å². The largest absolute Gasteiger partial charge is 0.441 e. The van der Waals surface area contributed by atoms with Gasteiger partial charge < -0.3 is 9.73 Å². The molecule has 0 saturated heterocycles. The van der Waals surface area contributed by atoms with Crippen LogP contribution in [-0.4, -0.2) is 4.98 Å². The van der Waals surface area contributed by atoms with E-state index in [1.807, 2.05) is 25.1 Å². The predicted molar refractivity (Wildman–Crippen MR) is 84.5 cm³/mol. The molecule has 0 bridgehead atoms. The number of aromatic nitrogens is 1. The fourth-order valence-corrected chi connectivity index (χ4v) is 2.68. The molecule has 1 fully saturated rings. The molecule has 0 unspecified atom stereocenters. The number of fused-ring (bicyclic) bond motifs is 1. The second-order valence-corrected chi connectivity index (χ2v) is 5.78. The molecule has 106 valence electrons. The Kier molecular flexibility index (Phi) is 2.92. The van der Waals surface area contributed by atoms with Gasteiger partial charge in [-0.2, -0.15) is 0 Å². The van der Waals surface area contributed by atoms with Gasteiger partial charge in [0.15, 0.2) is 11.5 Å². The molecule has 1 aliphatic carbocycles. The number of aryl methyl sites for hydroxylation is 1. The Labute approximate surface area is 124 Å². The Balaban J connectivity index is 1.46. The third-order valence-corrected chi connectivity index (χ3v) is 4.02. The highest BCUT2D eigenvalue weighted by molar-refractivity contribution is 5.77. The Bertz CT molecular complexity index is 770. The fraction of sp³-hybridized carbons (Fsp3) is 0.278. The van der Waals surface area contributed by atoms with Crippen molar-refractivity contribution in [1.29, 1.82) is 0 Å². The van der Waals surface area contributed by atoms with E-state index in [0.29, 0.717) is 5.89 Å². The fourth-order valence-electron chi connectivity index (χ4n) is 2.68. The van der Waals surface area contributed by atoms with E-state index >= 15 is 0 Å². The molecular weight excluding hydrogens is 260 g/mol. The zero-order valence-electron chi connectivity index (χ0n) is 12.1. The third kappa shape index (κ3) is 2.64. The second-order valence-electron chi connectivity index (χ2n) is 5.78. The topological polar surface area (TPSA) is 38.1 Å². The molecule has 1 aliphatic rings. The van der Waals surface area contributed by atoms with Gasteiger partial charge in [-0.1, -0.05) is 24.3 Å². The molecule has 3 aromatic rings. The van der Waals surface area contributed by atoms with Gasteiger partial charge in [0.2, 0.25) is 0 Å². The van der Waals surface area contributed by atoms with Crippen LogP contribution in [0.1, 0.15) is 35.8 Å². The lowest BCUT2D eigenvalue weighted by Gasteiger charge is -2.07. The Morgan fingerprint density at radius 1 is 1.14 bits per heavy atom. The molecule has 1 aromatic heterocycles. The van der Waals surface area contributed by atoms with Crippen LogP contribution >= 0.6 is 0 Å². The molecule has 0 spiro atoms. The summed E-state index contributed by atoms with van der Waals surface area (Å²) in [6.07, 6.45) is 2.71. The van der Waals surface area contributed by atoms with Crippen molar-refractivity contribution >= 4 is 16.8 Å². The van der Waals surface area contributed by atoms with Gasteiger partial charge in [0.25, 0.3) is 0 Å². The van der Waals surface area contributed by atoms with Crippen molar-refractivity contribution in [2.45, 2.75) is 32.2 Å². The minimum absolute atomic E-state index is 0.706. The maximum Gasteiger partial charge on any atom is 0.192 e. The number of rotatable bonds is 4. The van der Waals surface area contributed by atoms with Gasteiger partial charge >= 0.3 is 0 Å². The highest BCUT2D eigenvalue weighted by atomic mass is 16.3. The number of hydrogen-bond acceptors (Lipinski definition) is 3. The number of oxazole rings is 1. The van der Waals surface area contributed by atoms with Gasteiger partial charge in [0.1, 0.15) is 5.52 Å². The maximum absolute atomic E-state index is 5.49. The normalized spacial score (nSPS) is 14.5. The minimum atomic E-state index is 0.706. The summed E-state index contributed by atoms with van der Waals surface area (Å²) in [7, 11) is 0. The molecule has 0 aliphatic heterocycles. The second kappa shape index (κ2) is 4.92. The highest BCUT2D eigenvalue weighted by Crippen LogP contribution is 2.39.